The molecule has 1 aliphatic carbocycles. The first kappa shape index (κ1) is 24.4. The number of amides is 1. The highest BCUT2D eigenvalue weighted by Gasteiger charge is 2.41. The number of rotatable bonds is 6. The van der Waals surface area contributed by atoms with Gasteiger partial charge < -0.3 is 19.8 Å². The number of likely N-dealkylation sites (N-methyl/N-ethyl adjacent to an activating group) is 1. The molecule has 0 aromatic carbocycles. The van der Waals surface area contributed by atoms with Crippen molar-refractivity contribution in [1.82, 2.24) is 4.90 Å². The Hall–Kier alpha value is -0.593. The van der Waals surface area contributed by atoms with Crippen LogP contribution in [0.1, 0.15) is 73.6 Å². The second-order valence-corrected chi connectivity index (χ2v) is 15.6. The van der Waals surface area contributed by atoms with Gasteiger partial charge in [0.1, 0.15) is 5.60 Å². The lowest BCUT2D eigenvalue weighted by molar-refractivity contribution is 0.0271. The molecule has 1 fully saturated rings. The Bertz CT molecular complexity index is 483. The standard InChI is InChI=1S/C21H44N2O3Si/c1-20(2,3)25-19(24)23(7)15-17(22)14-16-12-10-11-13-18(16)26-27(8,9)21(4,5)6/h16-18H,10-15,22H2,1-9H3/t16-,17?,18-/m1/s1. The van der Waals surface area contributed by atoms with E-state index in [2.05, 4.69) is 33.9 Å². The van der Waals surface area contributed by atoms with Crippen LogP contribution in [-0.2, 0) is 9.16 Å². The molecule has 2 N–H and O–H groups in total. The van der Waals surface area contributed by atoms with Gasteiger partial charge in [-0.05, 0) is 64.1 Å². The Labute approximate surface area is 168 Å². The Kier molecular flexibility index (Phi) is 8.39. The third-order valence-electron chi connectivity index (χ3n) is 5.91. The maximum Gasteiger partial charge on any atom is 0.410 e. The molecule has 0 aliphatic heterocycles. The van der Waals surface area contributed by atoms with Crippen LogP contribution >= 0.6 is 0 Å². The van der Waals surface area contributed by atoms with Crippen molar-refractivity contribution in [2.75, 3.05) is 13.6 Å². The van der Waals surface area contributed by atoms with E-state index in [1.54, 1.807) is 11.9 Å². The smallest absolute Gasteiger partial charge is 0.410 e. The van der Waals surface area contributed by atoms with Gasteiger partial charge in [0, 0.05) is 25.7 Å². The fraction of sp³-hybridized carbons (Fsp3) is 0.952. The molecule has 6 heteroatoms. The summed E-state index contributed by atoms with van der Waals surface area (Å²) in [5.74, 6) is 0.481. The van der Waals surface area contributed by atoms with Crippen LogP contribution in [0.4, 0.5) is 4.79 Å². The first-order valence-corrected chi connectivity index (χ1v) is 13.4. The molecular weight excluding hydrogens is 356 g/mol. The van der Waals surface area contributed by atoms with E-state index in [1.807, 2.05) is 20.8 Å². The predicted octanol–water partition coefficient (Wildman–Crippen LogP) is 5.15. The summed E-state index contributed by atoms with van der Waals surface area (Å²) in [6, 6.07) is -0.0591. The fourth-order valence-electron chi connectivity index (χ4n) is 3.38. The summed E-state index contributed by atoms with van der Waals surface area (Å²) in [5.41, 5.74) is 5.94. The molecule has 1 rings (SSSR count). The molecule has 27 heavy (non-hydrogen) atoms. The van der Waals surface area contributed by atoms with Gasteiger partial charge in [0.2, 0.25) is 0 Å². The van der Waals surface area contributed by atoms with Crippen LogP contribution in [0.2, 0.25) is 18.1 Å². The lowest BCUT2D eigenvalue weighted by Gasteiger charge is -2.43. The number of hydrogen-bond donors (Lipinski definition) is 1. The van der Waals surface area contributed by atoms with Crippen molar-refractivity contribution in [2.24, 2.45) is 11.7 Å². The van der Waals surface area contributed by atoms with Gasteiger partial charge in [-0.3, -0.25) is 0 Å². The first-order valence-electron chi connectivity index (χ1n) is 10.5. The lowest BCUT2D eigenvalue weighted by Crippen LogP contribution is -2.48. The second kappa shape index (κ2) is 9.27. The van der Waals surface area contributed by atoms with Crippen LogP contribution < -0.4 is 5.73 Å². The Balaban J connectivity index is 2.64. The number of carbonyl (C=O) groups is 1. The van der Waals surface area contributed by atoms with Crippen LogP contribution in [0, 0.1) is 5.92 Å². The lowest BCUT2D eigenvalue weighted by atomic mass is 9.82. The third-order valence-corrected chi connectivity index (χ3v) is 10.4. The predicted molar refractivity (Wildman–Crippen MR) is 115 cm³/mol. The minimum Gasteiger partial charge on any atom is -0.444 e. The Morgan fingerprint density at radius 1 is 1.15 bits per heavy atom. The van der Waals surface area contributed by atoms with E-state index >= 15 is 0 Å². The Morgan fingerprint density at radius 3 is 2.22 bits per heavy atom. The van der Waals surface area contributed by atoms with Gasteiger partial charge in [-0.2, -0.15) is 0 Å². The molecule has 1 unspecified atom stereocenters. The van der Waals surface area contributed by atoms with E-state index in [0.29, 0.717) is 18.6 Å². The second-order valence-electron chi connectivity index (χ2n) is 10.8. The monoisotopic (exact) mass is 400 g/mol. The average Bonchev–Trinajstić information content (AvgIpc) is 2.45. The molecule has 1 aliphatic rings. The zero-order chi connectivity index (χ0) is 21.0. The van der Waals surface area contributed by atoms with E-state index in [9.17, 15) is 4.79 Å². The summed E-state index contributed by atoms with van der Waals surface area (Å²) in [6.45, 7) is 17.7. The highest BCUT2D eigenvalue weighted by molar-refractivity contribution is 6.74. The molecule has 3 atom stereocenters. The average molecular weight is 401 g/mol. The number of carbonyl (C=O) groups excluding carboxylic acids is 1. The van der Waals surface area contributed by atoms with Crippen molar-refractivity contribution in [3.05, 3.63) is 0 Å². The van der Waals surface area contributed by atoms with E-state index in [0.717, 1.165) is 12.8 Å². The molecule has 1 amide bonds. The van der Waals surface area contributed by atoms with Crippen molar-refractivity contribution >= 4 is 14.4 Å². The summed E-state index contributed by atoms with van der Waals surface area (Å²) in [7, 11) is -0.0249. The molecule has 1 saturated carbocycles. The zero-order valence-corrected chi connectivity index (χ0v) is 20.2. The van der Waals surface area contributed by atoms with Crippen molar-refractivity contribution in [1.29, 1.82) is 0 Å². The van der Waals surface area contributed by atoms with Gasteiger partial charge in [-0.1, -0.05) is 33.6 Å². The fourth-order valence-corrected chi connectivity index (χ4v) is 4.80. The van der Waals surface area contributed by atoms with Crippen molar-refractivity contribution in [2.45, 2.75) is 110 Å². The summed E-state index contributed by atoms with van der Waals surface area (Å²) in [6.07, 6.45) is 5.68. The van der Waals surface area contributed by atoms with Crippen molar-refractivity contribution in [3.8, 4) is 0 Å². The highest BCUT2D eigenvalue weighted by Crippen LogP contribution is 2.41. The topological polar surface area (TPSA) is 64.8 Å². The number of ether oxygens (including phenoxy) is 1. The zero-order valence-electron chi connectivity index (χ0n) is 19.2. The third kappa shape index (κ3) is 8.12. The van der Waals surface area contributed by atoms with Crippen LogP contribution in [0.25, 0.3) is 0 Å². The molecule has 0 saturated heterocycles. The first-order chi connectivity index (χ1) is 12.1. The van der Waals surface area contributed by atoms with Crippen LogP contribution in [0.15, 0.2) is 0 Å². The van der Waals surface area contributed by atoms with Crippen molar-refractivity contribution < 1.29 is 14.0 Å². The van der Waals surface area contributed by atoms with Gasteiger partial charge in [-0.15, -0.1) is 0 Å². The van der Waals surface area contributed by atoms with Crippen LogP contribution in [-0.4, -0.2) is 50.6 Å². The summed E-state index contributed by atoms with van der Waals surface area (Å²) >= 11 is 0. The van der Waals surface area contributed by atoms with E-state index < -0.39 is 13.9 Å². The normalized spacial score (nSPS) is 23.0. The molecule has 160 valence electrons. The summed E-state index contributed by atoms with van der Waals surface area (Å²) in [4.78, 5) is 13.8. The molecule has 0 spiro atoms. The van der Waals surface area contributed by atoms with Gasteiger partial charge in [-0.25, -0.2) is 4.79 Å². The minimum absolute atomic E-state index is 0.0591. The number of nitrogens with zero attached hydrogens (tertiary/aromatic N) is 1. The molecule has 5 nitrogen and oxygen atoms in total. The SMILES string of the molecule is CN(CC(N)C[C@H]1CCCC[C@H]1O[Si](C)(C)C(C)(C)C)C(=O)OC(C)(C)C. The summed E-state index contributed by atoms with van der Waals surface area (Å²) in [5, 5.41) is 0.216. The minimum atomic E-state index is -1.79. The Morgan fingerprint density at radius 2 is 1.70 bits per heavy atom. The van der Waals surface area contributed by atoms with E-state index in [-0.39, 0.29) is 17.2 Å². The number of nitrogens with two attached hydrogens (primary N) is 1. The van der Waals surface area contributed by atoms with Crippen LogP contribution in [0.5, 0.6) is 0 Å². The van der Waals surface area contributed by atoms with E-state index in [4.69, 9.17) is 14.9 Å². The number of hydrogen-bond acceptors (Lipinski definition) is 4. The molecule has 0 heterocycles. The van der Waals surface area contributed by atoms with E-state index in [1.165, 1.54) is 19.3 Å². The van der Waals surface area contributed by atoms with Gasteiger partial charge in [0.15, 0.2) is 8.32 Å². The van der Waals surface area contributed by atoms with Crippen molar-refractivity contribution in [3.63, 3.8) is 0 Å². The largest absolute Gasteiger partial charge is 0.444 e. The van der Waals surface area contributed by atoms with Crippen LogP contribution in [0.3, 0.4) is 0 Å². The maximum atomic E-state index is 12.2. The molecule has 0 aromatic heterocycles. The molecule has 0 radical (unpaired) electrons. The van der Waals surface area contributed by atoms with Gasteiger partial charge >= 0.3 is 6.09 Å². The summed E-state index contributed by atoms with van der Waals surface area (Å²) < 4.78 is 12.2. The molecule has 0 bridgehead atoms. The molecule has 0 aromatic rings. The molecular formula is C21H44N2O3Si. The quantitative estimate of drug-likeness (QED) is 0.626. The van der Waals surface area contributed by atoms with Gasteiger partial charge in [0.25, 0.3) is 0 Å². The highest BCUT2D eigenvalue weighted by atomic mass is 28.4. The maximum absolute atomic E-state index is 12.2. The van der Waals surface area contributed by atoms with Gasteiger partial charge in [0.05, 0.1) is 0 Å².